The molecule has 4 heteroatoms. The van der Waals surface area contributed by atoms with Crippen LogP contribution in [0.15, 0.2) is 48.5 Å². The zero-order valence-electron chi connectivity index (χ0n) is 11.4. The van der Waals surface area contributed by atoms with Crippen LogP contribution in [-0.4, -0.2) is 5.91 Å². The fourth-order valence-corrected chi connectivity index (χ4v) is 2.60. The van der Waals surface area contributed by atoms with E-state index >= 15 is 0 Å². The first-order valence-electron chi connectivity index (χ1n) is 6.89. The van der Waals surface area contributed by atoms with E-state index in [-0.39, 0.29) is 17.3 Å². The fourth-order valence-electron chi connectivity index (χ4n) is 2.48. The third kappa shape index (κ3) is 3.24. The van der Waals surface area contributed by atoms with Gasteiger partial charge in [-0.15, -0.1) is 0 Å². The number of amides is 1. The van der Waals surface area contributed by atoms with E-state index in [0.29, 0.717) is 11.4 Å². The fraction of sp³-hybridized carbons (Fsp3) is 0.235. The molecule has 3 rings (SSSR count). The standard InChI is InChI=1S/C17H15ClFNO/c18-14-5-1-12(2-6-14)11-16(21)20-17(9-10-17)13-3-7-15(19)8-4-13/h1-8H,9-11H2,(H,20,21). The molecule has 1 saturated carbocycles. The molecule has 2 aromatic carbocycles. The van der Waals surface area contributed by atoms with Crippen molar-refractivity contribution in [1.82, 2.24) is 5.32 Å². The average Bonchev–Trinajstić information content (AvgIpc) is 3.23. The molecule has 0 saturated heterocycles. The van der Waals surface area contributed by atoms with Crippen LogP contribution in [0.25, 0.3) is 0 Å². The number of halogens is 2. The summed E-state index contributed by atoms with van der Waals surface area (Å²) < 4.78 is 13.0. The minimum absolute atomic E-state index is 0.0286. The molecule has 1 amide bonds. The first-order valence-corrected chi connectivity index (χ1v) is 7.27. The number of carbonyl (C=O) groups excluding carboxylic acids is 1. The Hall–Kier alpha value is -1.87. The Morgan fingerprint density at radius 1 is 1.10 bits per heavy atom. The molecule has 0 atom stereocenters. The summed E-state index contributed by atoms with van der Waals surface area (Å²) in [6, 6.07) is 13.6. The van der Waals surface area contributed by atoms with E-state index in [2.05, 4.69) is 5.32 Å². The van der Waals surface area contributed by atoms with Crippen LogP contribution in [0.2, 0.25) is 5.02 Å². The van der Waals surface area contributed by atoms with Gasteiger partial charge >= 0.3 is 0 Å². The van der Waals surface area contributed by atoms with Crippen LogP contribution in [0.3, 0.4) is 0 Å². The van der Waals surface area contributed by atoms with Gasteiger partial charge in [0, 0.05) is 5.02 Å². The number of benzene rings is 2. The molecule has 0 aromatic heterocycles. The van der Waals surface area contributed by atoms with E-state index < -0.39 is 0 Å². The molecule has 1 N–H and O–H groups in total. The highest BCUT2D eigenvalue weighted by Crippen LogP contribution is 2.45. The highest BCUT2D eigenvalue weighted by atomic mass is 35.5. The number of nitrogens with one attached hydrogen (secondary N) is 1. The van der Waals surface area contributed by atoms with Gasteiger partial charge < -0.3 is 5.32 Å². The lowest BCUT2D eigenvalue weighted by molar-refractivity contribution is -0.121. The second-order valence-corrected chi connectivity index (χ2v) is 5.88. The third-order valence-electron chi connectivity index (χ3n) is 3.80. The molecule has 0 bridgehead atoms. The molecular formula is C17H15ClFNO. The van der Waals surface area contributed by atoms with E-state index in [1.54, 1.807) is 24.3 Å². The number of carbonyl (C=O) groups is 1. The first kappa shape index (κ1) is 14.1. The monoisotopic (exact) mass is 303 g/mol. The van der Waals surface area contributed by atoms with Gasteiger partial charge in [0.05, 0.1) is 12.0 Å². The van der Waals surface area contributed by atoms with Crippen molar-refractivity contribution in [2.45, 2.75) is 24.8 Å². The topological polar surface area (TPSA) is 29.1 Å². The Labute approximate surface area is 127 Å². The Kier molecular flexibility index (Phi) is 3.68. The minimum atomic E-state index is -0.308. The van der Waals surface area contributed by atoms with Crippen LogP contribution < -0.4 is 5.32 Å². The third-order valence-corrected chi connectivity index (χ3v) is 4.06. The zero-order valence-corrected chi connectivity index (χ0v) is 12.2. The van der Waals surface area contributed by atoms with Gasteiger partial charge in [-0.1, -0.05) is 35.9 Å². The van der Waals surface area contributed by atoms with Crippen molar-refractivity contribution in [3.63, 3.8) is 0 Å². The Morgan fingerprint density at radius 3 is 2.29 bits per heavy atom. The van der Waals surface area contributed by atoms with Crippen LogP contribution in [0.4, 0.5) is 4.39 Å². The average molecular weight is 304 g/mol. The Bertz CT molecular complexity index is 647. The van der Waals surface area contributed by atoms with Crippen molar-refractivity contribution in [2.24, 2.45) is 0 Å². The van der Waals surface area contributed by atoms with Crippen LogP contribution in [-0.2, 0) is 16.8 Å². The van der Waals surface area contributed by atoms with Crippen molar-refractivity contribution in [3.8, 4) is 0 Å². The number of hydrogen-bond donors (Lipinski definition) is 1. The van der Waals surface area contributed by atoms with Gasteiger partial charge in [-0.2, -0.15) is 0 Å². The summed E-state index contributed by atoms with van der Waals surface area (Å²) >= 11 is 5.83. The van der Waals surface area contributed by atoms with E-state index in [4.69, 9.17) is 11.6 Å². The van der Waals surface area contributed by atoms with Crippen LogP contribution in [0, 0.1) is 5.82 Å². The van der Waals surface area contributed by atoms with Crippen molar-refractivity contribution < 1.29 is 9.18 Å². The maximum atomic E-state index is 13.0. The van der Waals surface area contributed by atoms with Crippen LogP contribution >= 0.6 is 11.6 Å². The molecular weight excluding hydrogens is 289 g/mol. The predicted octanol–water partition coefficient (Wildman–Crippen LogP) is 3.83. The molecule has 1 fully saturated rings. The molecule has 1 aliphatic carbocycles. The van der Waals surface area contributed by atoms with Crippen molar-refractivity contribution >= 4 is 17.5 Å². The summed E-state index contributed by atoms with van der Waals surface area (Å²) in [4.78, 5) is 12.2. The zero-order chi connectivity index (χ0) is 14.9. The molecule has 0 aliphatic heterocycles. The molecule has 2 aromatic rings. The summed E-state index contributed by atoms with van der Waals surface area (Å²) in [6.45, 7) is 0. The SMILES string of the molecule is O=C(Cc1ccc(Cl)cc1)NC1(c2ccc(F)cc2)CC1. The summed E-state index contributed by atoms with van der Waals surface area (Å²) in [5, 5.41) is 3.73. The van der Waals surface area contributed by atoms with Crippen LogP contribution in [0.1, 0.15) is 24.0 Å². The van der Waals surface area contributed by atoms with Crippen molar-refractivity contribution in [2.75, 3.05) is 0 Å². The smallest absolute Gasteiger partial charge is 0.225 e. The quantitative estimate of drug-likeness (QED) is 0.914. The van der Waals surface area contributed by atoms with Gasteiger partial charge in [-0.3, -0.25) is 4.79 Å². The molecule has 2 nitrogen and oxygen atoms in total. The molecule has 0 unspecified atom stereocenters. The molecule has 1 aliphatic rings. The van der Waals surface area contributed by atoms with Gasteiger partial charge in [0.1, 0.15) is 5.82 Å². The first-order chi connectivity index (χ1) is 10.1. The van der Waals surface area contributed by atoms with Gasteiger partial charge in [0.2, 0.25) is 5.91 Å². The van der Waals surface area contributed by atoms with E-state index in [1.165, 1.54) is 12.1 Å². The summed E-state index contributed by atoms with van der Waals surface area (Å²) in [7, 11) is 0. The highest BCUT2D eigenvalue weighted by Gasteiger charge is 2.45. The molecule has 0 heterocycles. The van der Waals surface area contributed by atoms with Crippen molar-refractivity contribution in [1.29, 1.82) is 0 Å². The maximum absolute atomic E-state index is 13.0. The summed E-state index contributed by atoms with van der Waals surface area (Å²) in [5.74, 6) is -0.291. The highest BCUT2D eigenvalue weighted by molar-refractivity contribution is 6.30. The lowest BCUT2D eigenvalue weighted by atomic mass is 10.0. The molecule has 21 heavy (non-hydrogen) atoms. The largest absolute Gasteiger partial charge is 0.346 e. The van der Waals surface area contributed by atoms with Gasteiger partial charge in [-0.05, 0) is 48.2 Å². The summed E-state index contributed by atoms with van der Waals surface area (Å²) in [6.07, 6.45) is 2.11. The van der Waals surface area contributed by atoms with Crippen LogP contribution in [0.5, 0.6) is 0 Å². The second-order valence-electron chi connectivity index (χ2n) is 5.44. The minimum Gasteiger partial charge on any atom is -0.346 e. The molecule has 0 radical (unpaired) electrons. The van der Waals surface area contributed by atoms with E-state index in [9.17, 15) is 9.18 Å². The summed E-state index contributed by atoms with van der Waals surface area (Å²) in [5.41, 5.74) is 1.58. The van der Waals surface area contributed by atoms with Crippen molar-refractivity contribution in [3.05, 3.63) is 70.5 Å². The second kappa shape index (κ2) is 5.49. The lowest BCUT2D eigenvalue weighted by Crippen LogP contribution is -2.35. The number of hydrogen-bond acceptors (Lipinski definition) is 1. The lowest BCUT2D eigenvalue weighted by Gasteiger charge is -2.18. The maximum Gasteiger partial charge on any atom is 0.225 e. The number of rotatable bonds is 4. The predicted molar refractivity (Wildman–Crippen MR) is 80.6 cm³/mol. The Balaban J connectivity index is 1.67. The normalized spacial score (nSPS) is 15.5. The molecule has 108 valence electrons. The van der Waals surface area contributed by atoms with Gasteiger partial charge in [0.25, 0.3) is 0 Å². The van der Waals surface area contributed by atoms with E-state index in [0.717, 1.165) is 24.0 Å². The molecule has 0 spiro atoms. The Morgan fingerprint density at radius 2 is 1.71 bits per heavy atom. The van der Waals surface area contributed by atoms with E-state index in [1.807, 2.05) is 12.1 Å². The van der Waals surface area contributed by atoms with Gasteiger partial charge in [0.15, 0.2) is 0 Å². The van der Waals surface area contributed by atoms with Gasteiger partial charge in [-0.25, -0.2) is 4.39 Å².